The van der Waals surface area contributed by atoms with Crippen molar-refractivity contribution >= 4 is 0 Å². The first-order valence-electron chi connectivity index (χ1n) is 11.6. The molecule has 1 fully saturated rings. The second kappa shape index (κ2) is 13.3. The summed E-state index contributed by atoms with van der Waals surface area (Å²) in [5.41, 5.74) is 1.33. The predicted octanol–water partition coefficient (Wildman–Crippen LogP) is 7.62. The van der Waals surface area contributed by atoms with Crippen molar-refractivity contribution in [3.8, 4) is 0 Å². The van der Waals surface area contributed by atoms with Gasteiger partial charge in [-0.1, -0.05) is 78.1 Å². The van der Waals surface area contributed by atoms with Crippen molar-refractivity contribution in [2.75, 3.05) is 0 Å². The molecule has 0 aromatic carbocycles. The molecule has 2 nitrogen and oxygen atoms in total. The zero-order chi connectivity index (χ0) is 18.5. The third-order valence-corrected chi connectivity index (χ3v) is 6.22. The lowest BCUT2D eigenvalue weighted by molar-refractivity contribution is 0.296. The number of hydrogen-bond acceptors (Lipinski definition) is 2. The fourth-order valence-corrected chi connectivity index (χ4v) is 4.38. The molecule has 0 aliphatic heterocycles. The Kier molecular flexibility index (Phi) is 10.9. The maximum atomic E-state index is 4.73. The van der Waals surface area contributed by atoms with E-state index in [9.17, 15) is 0 Å². The van der Waals surface area contributed by atoms with Crippen molar-refractivity contribution < 1.29 is 0 Å². The van der Waals surface area contributed by atoms with E-state index in [1.807, 2.05) is 0 Å². The Balaban J connectivity index is 1.62. The molecule has 0 unspecified atom stereocenters. The number of unbranched alkanes of at least 4 members (excludes halogenated alkanes) is 8. The van der Waals surface area contributed by atoms with Crippen molar-refractivity contribution in [3.63, 3.8) is 0 Å². The van der Waals surface area contributed by atoms with Gasteiger partial charge in [-0.2, -0.15) is 0 Å². The van der Waals surface area contributed by atoms with Crippen LogP contribution in [0.4, 0.5) is 0 Å². The van der Waals surface area contributed by atoms with Gasteiger partial charge in [0.2, 0.25) is 0 Å². The van der Waals surface area contributed by atoms with Crippen molar-refractivity contribution in [2.45, 2.75) is 122 Å². The number of aromatic nitrogens is 2. The van der Waals surface area contributed by atoms with Crippen molar-refractivity contribution in [1.29, 1.82) is 0 Å². The molecular formula is C24H42N2. The smallest absolute Gasteiger partial charge is 0.131 e. The third-order valence-electron chi connectivity index (χ3n) is 6.22. The molecule has 1 aromatic rings. The summed E-state index contributed by atoms with van der Waals surface area (Å²) in [5.74, 6) is 2.70. The van der Waals surface area contributed by atoms with Crippen LogP contribution in [0.1, 0.15) is 127 Å². The molecule has 26 heavy (non-hydrogen) atoms. The summed E-state index contributed by atoms with van der Waals surface area (Å²) < 4.78 is 0. The van der Waals surface area contributed by atoms with Gasteiger partial charge in [-0.25, -0.2) is 9.97 Å². The van der Waals surface area contributed by atoms with E-state index in [1.165, 1.54) is 102 Å². The molecule has 1 heterocycles. The summed E-state index contributed by atoms with van der Waals surface area (Å²) in [6.45, 7) is 4.57. The van der Waals surface area contributed by atoms with E-state index >= 15 is 0 Å². The Morgan fingerprint density at radius 1 is 0.731 bits per heavy atom. The maximum absolute atomic E-state index is 4.73. The zero-order valence-corrected chi connectivity index (χ0v) is 17.5. The average Bonchev–Trinajstić information content (AvgIpc) is 2.69. The van der Waals surface area contributed by atoms with Crippen molar-refractivity contribution in [2.24, 2.45) is 5.92 Å². The summed E-state index contributed by atoms with van der Waals surface area (Å²) in [5, 5.41) is 0. The monoisotopic (exact) mass is 358 g/mol. The molecule has 1 aliphatic carbocycles. The lowest BCUT2D eigenvalue weighted by Gasteiger charge is -2.27. The van der Waals surface area contributed by atoms with Gasteiger partial charge in [0.25, 0.3) is 0 Å². The highest BCUT2D eigenvalue weighted by molar-refractivity contribution is 5.08. The largest absolute Gasteiger partial charge is 0.241 e. The summed E-state index contributed by atoms with van der Waals surface area (Å²) >= 11 is 0. The van der Waals surface area contributed by atoms with Crippen molar-refractivity contribution in [3.05, 3.63) is 23.8 Å². The minimum Gasteiger partial charge on any atom is -0.241 e. The SMILES string of the molecule is CCCCCCCc1cnc(C2CCC(CCCCCCC)CC2)nc1. The quantitative estimate of drug-likeness (QED) is 0.339. The molecule has 0 radical (unpaired) electrons. The molecule has 0 saturated heterocycles. The highest BCUT2D eigenvalue weighted by Crippen LogP contribution is 2.36. The van der Waals surface area contributed by atoms with Gasteiger partial charge in [-0.15, -0.1) is 0 Å². The number of hydrogen-bond donors (Lipinski definition) is 0. The second-order valence-electron chi connectivity index (χ2n) is 8.53. The molecule has 1 saturated carbocycles. The molecule has 0 N–H and O–H groups in total. The van der Waals surface area contributed by atoms with Gasteiger partial charge in [0.05, 0.1) is 0 Å². The molecule has 1 aliphatic rings. The van der Waals surface area contributed by atoms with Crippen LogP contribution in [0, 0.1) is 5.92 Å². The number of nitrogens with zero attached hydrogens (tertiary/aromatic N) is 2. The first-order valence-corrected chi connectivity index (χ1v) is 11.6. The molecule has 1 aromatic heterocycles. The Morgan fingerprint density at radius 2 is 1.31 bits per heavy atom. The fraction of sp³-hybridized carbons (Fsp3) is 0.833. The Bertz CT molecular complexity index is 446. The topological polar surface area (TPSA) is 25.8 Å². The highest BCUT2D eigenvalue weighted by Gasteiger charge is 2.23. The number of aryl methyl sites for hydroxylation is 1. The molecule has 2 rings (SSSR count). The van der Waals surface area contributed by atoms with Gasteiger partial charge in [-0.05, 0) is 50.0 Å². The van der Waals surface area contributed by atoms with E-state index in [1.54, 1.807) is 0 Å². The Morgan fingerprint density at radius 3 is 1.92 bits per heavy atom. The fourth-order valence-electron chi connectivity index (χ4n) is 4.38. The first-order chi connectivity index (χ1) is 12.8. The molecule has 0 atom stereocenters. The molecular weight excluding hydrogens is 316 g/mol. The standard InChI is InChI=1S/C24H42N2/c1-3-5-7-9-11-13-21-15-17-23(18-16-21)24-25-19-22(20-26-24)14-12-10-8-6-4-2/h19-21,23H,3-18H2,1-2H3. The number of rotatable bonds is 13. The van der Waals surface area contributed by atoms with E-state index in [4.69, 9.17) is 9.97 Å². The second-order valence-corrected chi connectivity index (χ2v) is 8.53. The highest BCUT2D eigenvalue weighted by atomic mass is 14.9. The Hall–Kier alpha value is -0.920. The predicted molar refractivity (Wildman–Crippen MR) is 113 cm³/mol. The molecule has 0 spiro atoms. The lowest BCUT2D eigenvalue weighted by atomic mass is 9.79. The molecule has 148 valence electrons. The van der Waals surface area contributed by atoms with Crippen LogP contribution in [0.25, 0.3) is 0 Å². The van der Waals surface area contributed by atoms with Gasteiger partial charge in [0, 0.05) is 18.3 Å². The van der Waals surface area contributed by atoms with Crippen LogP contribution in [-0.2, 0) is 6.42 Å². The van der Waals surface area contributed by atoms with Crippen LogP contribution in [0.5, 0.6) is 0 Å². The normalized spacial score (nSPS) is 20.4. The average molecular weight is 359 g/mol. The van der Waals surface area contributed by atoms with Gasteiger partial charge < -0.3 is 0 Å². The molecule has 0 amide bonds. The third kappa shape index (κ3) is 8.18. The van der Waals surface area contributed by atoms with Gasteiger partial charge in [0.1, 0.15) is 5.82 Å². The lowest BCUT2D eigenvalue weighted by Crippen LogP contribution is -2.15. The van der Waals surface area contributed by atoms with Crippen LogP contribution in [0.2, 0.25) is 0 Å². The van der Waals surface area contributed by atoms with Crippen LogP contribution >= 0.6 is 0 Å². The minimum atomic E-state index is 0.616. The Labute approximate surface area is 162 Å². The van der Waals surface area contributed by atoms with Crippen LogP contribution in [0.3, 0.4) is 0 Å². The summed E-state index contributed by atoms with van der Waals surface area (Å²) in [4.78, 5) is 9.45. The van der Waals surface area contributed by atoms with E-state index in [0.29, 0.717) is 5.92 Å². The summed E-state index contributed by atoms with van der Waals surface area (Å²) in [6.07, 6.45) is 26.0. The van der Waals surface area contributed by atoms with Crippen molar-refractivity contribution in [1.82, 2.24) is 9.97 Å². The summed E-state index contributed by atoms with van der Waals surface area (Å²) in [7, 11) is 0. The molecule has 0 bridgehead atoms. The zero-order valence-electron chi connectivity index (χ0n) is 17.5. The van der Waals surface area contributed by atoms with Crippen LogP contribution in [0.15, 0.2) is 12.4 Å². The van der Waals surface area contributed by atoms with E-state index in [2.05, 4.69) is 26.2 Å². The van der Waals surface area contributed by atoms with Crippen LogP contribution < -0.4 is 0 Å². The van der Waals surface area contributed by atoms with E-state index in [-0.39, 0.29) is 0 Å². The van der Waals surface area contributed by atoms with E-state index in [0.717, 1.165) is 18.2 Å². The van der Waals surface area contributed by atoms with Gasteiger partial charge in [0.15, 0.2) is 0 Å². The van der Waals surface area contributed by atoms with E-state index < -0.39 is 0 Å². The maximum Gasteiger partial charge on any atom is 0.131 e. The van der Waals surface area contributed by atoms with Gasteiger partial charge >= 0.3 is 0 Å². The summed E-state index contributed by atoms with van der Waals surface area (Å²) in [6, 6.07) is 0. The molecule has 2 heteroatoms. The van der Waals surface area contributed by atoms with Crippen LogP contribution in [-0.4, -0.2) is 9.97 Å². The van der Waals surface area contributed by atoms with Gasteiger partial charge in [-0.3, -0.25) is 0 Å². The minimum absolute atomic E-state index is 0.616. The first kappa shape index (κ1) is 21.4.